The molecule has 0 bridgehead atoms. The Kier molecular flexibility index (Phi) is 5.27. The second-order valence-electron chi connectivity index (χ2n) is 5.91. The fourth-order valence-electron chi connectivity index (χ4n) is 2.71. The number of fused-ring (bicyclic) bond motifs is 1. The molecule has 1 amide bonds. The average Bonchev–Trinajstić information content (AvgIpc) is 3.02. The van der Waals surface area contributed by atoms with E-state index in [0.29, 0.717) is 12.2 Å². The number of nitrogens with one attached hydrogen (secondary N) is 3. The van der Waals surface area contributed by atoms with Crippen molar-refractivity contribution < 1.29 is 18.0 Å². The van der Waals surface area contributed by atoms with Gasteiger partial charge in [0.2, 0.25) is 5.91 Å². The maximum absolute atomic E-state index is 12.5. The first kappa shape index (κ1) is 18.0. The molecule has 0 saturated heterocycles. The average molecular weight is 361 g/mol. The quantitative estimate of drug-likeness (QED) is 0.582. The van der Waals surface area contributed by atoms with Gasteiger partial charge in [0.25, 0.3) is 0 Å². The van der Waals surface area contributed by atoms with E-state index in [0.717, 1.165) is 35.0 Å². The summed E-state index contributed by atoms with van der Waals surface area (Å²) in [7, 11) is 0. The van der Waals surface area contributed by atoms with Crippen molar-refractivity contribution in [2.75, 3.05) is 18.4 Å². The first-order valence-electron chi connectivity index (χ1n) is 8.16. The van der Waals surface area contributed by atoms with Gasteiger partial charge in [-0.15, -0.1) is 0 Å². The molecule has 2 aromatic carbocycles. The minimum absolute atomic E-state index is 0.0867. The molecule has 0 radical (unpaired) electrons. The summed E-state index contributed by atoms with van der Waals surface area (Å²) < 4.78 is 37.5. The van der Waals surface area contributed by atoms with Gasteiger partial charge in [-0.1, -0.05) is 18.2 Å². The second kappa shape index (κ2) is 7.61. The molecule has 0 unspecified atom stereocenters. The Morgan fingerprint density at radius 1 is 1.04 bits per heavy atom. The third-order valence-corrected chi connectivity index (χ3v) is 4.03. The summed E-state index contributed by atoms with van der Waals surface area (Å²) in [6, 6.07) is 12.4. The van der Waals surface area contributed by atoms with Gasteiger partial charge in [-0.3, -0.25) is 4.79 Å². The molecule has 3 N–H and O–H groups in total. The number of benzene rings is 2. The van der Waals surface area contributed by atoms with Crippen molar-refractivity contribution in [3.8, 4) is 0 Å². The van der Waals surface area contributed by atoms with Crippen LogP contribution in [0.25, 0.3) is 10.9 Å². The van der Waals surface area contributed by atoms with Gasteiger partial charge in [0.15, 0.2) is 0 Å². The highest BCUT2D eigenvalue weighted by molar-refractivity contribution is 5.92. The van der Waals surface area contributed by atoms with E-state index in [1.807, 2.05) is 30.5 Å². The number of carbonyl (C=O) groups excluding carboxylic acids is 1. The van der Waals surface area contributed by atoms with E-state index in [4.69, 9.17) is 0 Å². The van der Waals surface area contributed by atoms with Crippen LogP contribution in [0.5, 0.6) is 0 Å². The monoisotopic (exact) mass is 361 g/mol. The van der Waals surface area contributed by atoms with Crippen LogP contribution < -0.4 is 10.6 Å². The number of halogens is 3. The van der Waals surface area contributed by atoms with Gasteiger partial charge in [0, 0.05) is 22.8 Å². The number of hydrogen-bond donors (Lipinski definition) is 3. The van der Waals surface area contributed by atoms with E-state index in [2.05, 4.69) is 15.6 Å². The van der Waals surface area contributed by atoms with E-state index in [1.165, 1.54) is 12.1 Å². The van der Waals surface area contributed by atoms with Gasteiger partial charge >= 0.3 is 6.18 Å². The number of para-hydroxylation sites is 1. The first-order chi connectivity index (χ1) is 12.4. The molecule has 1 heterocycles. The molecule has 0 aliphatic heterocycles. The lowest BCUT2D eigenvalue weighted by molar-refractivity contribution is -0.137. The number of anilines is 1. The minimum Gasteiger partial charge on any atom is -0.361 e. The third-order valence-electron chi connectivity index (χ3n) is 4.03. The zero-order valence-corrected chi connectivity index (χ0v) is 13.9. The van der Waals surface area contributed by atoms with Gasteiger partial charge < -0.3 is 15.6 Å². The standard InChI is InChI=1S/C19H18F3N3O/c20-19(21,22)14-5-7-15(8-6-14)25-18(26)12-23-10-9-13-11-24-17-4-2-1-3-16(13)17/h1-8,11,23-24H,9-10,12H2,(H,25,26). The van der Waals surface area contributed by atoms with Crippen LogP contribution >= 0.6 is 0 Å². The summed E-state index contributed by atoms with van der Waals surface area (Å²) in [5.41, 5.74) is 1.83. The molecule has 26 heavy (non-hydrogen) atoms. The molecular weight excluding hydrogens is 343 g/mol. The summed E-state index contributed by atoms with van der Waals surface area (Å²) in [5.74, 6) is -0.302. The number of carbonyl (C=O) groups is 1. The highest BCUT2D eigenvalue weighted by Gasteiger charge is 2.29. The molecule has 7 heteroatoms. The lowest BCUT2D eigenvalue weighted by Gasteiger charge is -2.09. The van der Waals surface area contributed by atoms with Crippen LogP contribution in [0.4, 0.5) is 18.9 Å². The lowest BCUT2D eigenvalue weighted by Crippen LogP contribution is -2.29. The summed E-state index contributed by atoms with van der Waals surface area (Å²) in [4.78, 5) is 15.1. The van der Waals surface area contributed by atoms with E-state index in [-0.39, 0.29) is 12.5 Å². The number of aromatic amines is 1. The Morgan fingerprint density at radius 3 is 2.50 bits per heavy atom. The Hall–Kier alpha value is -2.80. The Morgan fingerprint density at radius 2 is 1.77 bits per heavy atom. The number of rotatable bonds is 6. The fraction of sp³-hybridized carbons (Fsp3) is 0.211. The van der Waals surface area contributed by atoms with Crippen molar-refractivity contribution in [2.45, 2.75) is 12.6 Å². The van der Waals surface area contributed by atoms with Crippen LogP contribution in [-0.2, 0) is 17.4 Å². The summed E-state index contributed by atoms with van der Waals surface area (Å²) in [6.07, 6.45) is -1.67. The molecule has 0 aliphatic rings. The largest absolute Gasteiger partial charge is 0.416 e. The Bertz CT molecular complexity index is 885. The molecule has 4 nitrogen and oxygen atoms in total. The third kappa shape index (κ3) is 4.43. The Balaban J connectivity index is 1.44. The molecule has 3 rings (SSSR count). The zero-order chi connectivity index (χ0) is 18.6. The Labute approximate surface area is 148 Å². The first-order valence-corrected chi connectivity index (χ1v) is 8.16. The number of H-pyrrole nitrogens is 1. The highest BCUT2D eigenvalue weighted by atomic mass is 19.4. The van der Waals surface area contributed by atoms with Gasteiger partial charge in [-0.25, -0.2) is 0 Å². The number of aromatic nitrogens is 1. The van der Waals surface area contributed by atoms with Gasteiger partial charge in [-0.2, -0.15) is 13.2 Å². The van der Waals surface area contributed by atoms with Crippen LogP contribution in [0.15, 0.2) is 54.7 Å². The molecule has 0 saturated carbocycles. The zero-order valence-electron chi connectivity index (χ0n) is 13.9. The van der Waals surface area contributed by atoms with Gasteiger partial charge in [0.05, 0.1) is 12.1 Å². The van der Waals surface area contributed by atoms with Gasteiger partial charge in [0.1, 0.15) is 0 Å². The van der Waals surface area contributed by atoms with Crippen molar-refractivity contribution in [3.05, 3.63) is 65.9 Å². The van der Waals surface area contributed by atoms with Crippen molar-refractivity contribution in [1.82, 2.24) is 10.3 Å². The fourth-order valence-corrected chi connectivity index (χ4v) is 2.71. The predicted octanol–water partition coefficient (Wildman–Crippen LogP) is 3.96. The van der Waals surface area contributed by atoms with Gasteiger partial charge in [-0.05, 0) is 48.9 Å². The van der Waals surface area contributed by atoms with Crippen LogP contribution in [0, 0.1) is 0 Å². The normalized spacial score (nSPS) is 11.7. The van der Waals surface area contributed by atoms with E-state index < -0.39 is 11.7 Å². The van der Waals surface area contributed by atoms with Crippen LogP contribution in [0.2, 0.25) is 0 Å². The minimum atomic E-state index is -4.38. The summed E-state index contributed by atoms with van der Waals surface area (Å²) >= 11 is 0. The van der Waals surface area contributed by atoms with Crippen molar-refractivity contribution in [3.63, 3.8) is 0 Å². The molecule has 0 aliphatic carbocycles. The maximum atomic E-state index is 12.5. The molecule has 3 aromatic rings. The van der Waals surface area contributed by atoms with E-state index >= 15 is 0 Å². The summed E-state index contributed by atoms with van der Waals surface area (Å²) in [6.45, 7) is 0.700. The maximum Gasteiger partial charge on any atom is 0.416 e. The van der Waals surface area contributed by atoms with Crippen molar-refractivity contribution in [1.29, 1.82) is 0 Å². The molecule has 136 valence electrons. The number of hydrogen-bond acceptors (Lipinski definition) is 2. The number of amides is 1. The smallest absolute Gasteiger partial charge is 0.361 e. The molecule has 0 atom stereocenters. The van der Waals surface area contributed by atoms with Crippen LogP contribution in [0.3, 0.4) is 0 Å². The molecule has 0 fully saturated rings. The number of alkyl halides is 3. The van der Waals surface area contributed by atoms with Crippen molar-refractivity contribution in [2.24, 2.45) is 0 Å². The molecular formula is C19H18F3N3O. The molecule has 0 spiro atoms. The van der Waals surface area contributed by atoms with E-state index in [1.54, 1.807) is 0 Å². The van der Waals surface area contributed by atoms with Crippen molar-refractivity contribution >= 4 is 22.5 Å². The SMILES string of the molecule is O=C(CNCCc1c[nH]c2ccccc12)Nc1ccc(C(F)(F)F)cc1. The van der Waals surface area contributed by atoms with Crippen LogP contribution in [0.1, 0.15) is 11.1 Å². The highest BCUT2D eigenvalue weighted by Crippen LogP contribution is 2.29. The van der Waals surface area contributed by atoms with E-state index in [9.17, 15) is 18.0 Å². The van der Waals surface area contributed by atoms with Crippen LogP contribution in [-0.4, -0.2) is 24.0 Å². The predicted molar refractivity (Wildman–Crippen MR) is 94.9 cm³/mol. The topological polar surface area (TPSA) is 56.9 Å². The second-order valence-corrected chi connectivity index (χ2v) is 5.91. The summed E-state index contributed by atoms with van der Waals surface area (Å²) in [5, 5.41) is 6.76. The molecule has 1 aromatic heterocycles. The lowest BCUT2D eigenvalue weighted by atomic mass is 10.1.